The molecule has 0 bridgehead atoms. The van der Waals surface area contributed by atoms with Gasteiger partial charge in [-0.25, -0.2) is 4.79 Å². The summed E-state index contributed by atoms with van der Waals surface area (Å²) in [7, 11) is 4.74. The van der Waals surface area contributed by atoms with Gasteiger partial charge >= 0.3 is 6.03 Å². The molecule has 1 saturated heterocycles. The second-order valence-electron chi connectivity index (χ2n) is 7.79. The Kier molecular flexibility index (Phi) is 6.84. The van der Waals surface area contributed by atoms with E-state index in [1.807, 2.05) is 0 Å². The molecule has 1 atom stereocenters. The molecule has 0 radical (unpaired) electrons. The van der Waals surface area contributed by atoms with Crippen LogP contribution in [0.5, 0.6) is 11.5 Å². The fourth-order valence-corrected chi connectivity index (χ4v) is 4.59. The van der Waals surface area contributed by atoms with E-state index in [0.29, 0.717) is 43.4 Å². The molecule has 3 rings (SSSR count). The number of benzene rings is 1. The van der Waals surface area contributed by atoms with Gasteiger partial charge in [-0.1, -0.05) is 12.8 Å². The molecule has 1 heterocycles. The molecule has 1 aromatic rings. The number of anilines is 1. The average Bonchev–Trinajstić information content (AvgIpc) is 3.35. The van der Waals surface area contributed by atoms with E-state index in [1.54, 1.807) is 44.4 Å². The van der Waals surface area contributed by atoms with Crippen molar-refractivity contribution in [2.75, 3.05) is 52.9 Å². The zero-order chi connectivity index (χ0) is 20.9. The molecular weight excluding hydrogens is 374 g/mol. The lowest BCUT2D eigenvalue weighted by Gasteiger charge is -2.28. The zero-order valence-corrected chi connectivity index (χ0v) is 17.5. The number of nitrogens with zero attached hydrogens (tertiary/aromatic N) is 1. The number of carbonyl (C=O) groups excluding carboxylic acids is 2. The predicted octanol–water partition coefficient (Wildman–Crippen LogP) is 2.49. The maximum Gasteiger partial charge on any atom is 0.321 e. The van der Waals surface area contributed by atoms with Gasteiger partial charge in [0.1, 0.15) is 0 Å². The molecule has 1 aliphatic carbocycles. The highest BCUT2D eigenvalue weighted by Crippen LogP contribution is 2.49. The lowest BCUT2D eigenvalue weighted by molar-refractivity contribution is -0.127. The summed E-state index contributed by atoms with van der Waals surface area (Å²) in [5.74, 6) is 0.988. The van der Waals surface area contributed by atoms with E-state index in [1.165, 1.54) is 0 Å². The van der Waals surface area contributed by atoms with Crippen LogP contribution in [-0.4, -0.2) is 64.4 Å². The van der Waals surface area contributed by atoms with Crippen LogP contribution in [0.3, 0.4) is 0 Å². The Hall–Kier alpha value is -2.48. The SMILES string of the molecule is COCCNC(=O)C1CN(C(=O)Nc2ccc(OC)c(OC)c2)CC12CCCC2. The largest absolute Gasteiger partial charge is 0.493 e. The Labute approximate surface area is 171 Å². The van der Waals surface area contributed by atoms with Crippen LogP contribution in [0.1, 0.15) is 25.7 Å². The first-order valence-corrected chi connectivity index (χ1v) is 10.1. The Bertz CT molecular complexity index is 733. The summed E-state index contributed by atoms with van der Waals surface area (Å²) in [4.78, 5) is 27.5. The first-order valence-electron chi connectivity index (χ1n) is 10.1. The maximum absolute atomic E-state index is 12.9. The standard InChI is InChI=1S/C21H31N3O5/c1-27-11-10-22-19(25)16-13-24(14-21(16)8-4-5-9-21)20(26)23-15-6-7-17(28-2)18(12-15)29-3/h6-7,12,16H,4-5,8-11,13-14H2,1-3H3,(H,22,25)(H,23,26). The fourth-order valence-electron chi connectivity index (χ4n) is 4.59. The van der Waals surface area contributed by atoms with Gasteiger partial charge in [-0.15, -0.1) is 0 Å². The first-order chi connectivity index (χ1) is 14.0. The molecular formula is C21H31N3O5. The molecule has 0 aromatic heterocycles. The van der Waals surface area contributed by atoms with Crippen molar-refractivity contribution in [1.82, 2.24) is 10.2 Å². The van der Waals surface area contributed by atoms with Gasteiger partial charge in [-0.2, -0.15) is 0 Å². The molecule has 2 aliphatic rings. The van der Waals surface area contributed by atoms with Gasteiger partial charge in [0, 0.05) is 43.9 Å². The Morgan fingerprint density at radius 3 is 2.52 bits per heavy atom. The average molecular weight is 405 g/mol. The monoisotopic (exact) mass is 405 g/mol. The van der Waals surface area contributed by atoms with E-state index in [-0.39, 0.29) is 23.3 Å². The third-order valence-electron chi connectivity index (χ3n) is 6.09. The van der Waals surface area contributed by atoms with Crippen molar-refractivity contribution in [2.45, 2.75) is 25.7 Å². The Morgan fingerprint density at radius 1 is 1.14 bits per heavy atom. The first kappa shape index (κ1) is 21.2. The summed E-state index contributed by atoms with van der Waals surface area (Å²) >= 11 is 0. The van der Waals surface area contributed by atoms with Gasteiger partial charge in [0.2, 0.25) is 5.91 Å². The molecule has 8 heteroatoms. The van der Waals surface area contributed by atoms with E-state index in [9.17, 15) is 9.59 Å². The lowest BCUT2D eigenvalue weighted by atomic mass is 9.76. The van der Waals surface area contributed by atoms with Crippen molar-refractivity contribution in [3.05, 3.63) is 18.2 Å². The highest BCUT2D eigenvalue weighted by Gasteiger charge is 2.52. The summed E-state index contributed by atoms with van der Waals surface area (Å²) in [6.45, 7) is 2.00. The van der Waals surface area contributed by atoms with Crippen molar-refractivity contribution in [2.24, 2.45) is 11.3 Å². The number of likely N-dealkylation sites (tertiary alicyclic amines) is 1. The number of carbonyl (C=O) groups is 2. The fraction of sp³-hybridized carbons (Fsp3) is 0.619. The van der Waals surface area contributed by atoms with Gasteiger partial charge in [0.25, 0.3) is 0 Å². The summed E-state index contributed by atoms with van der Waals surface area (Å²) in [6.07, 6.45) is 4.17. The van der Waals surface area contributed by atoms with Crippen LogP contribution >= 0.6 is 0 Å². The molecule has 8 nitrogen and oxygen atoms in total. The number of nitrogens with one attached hydrogen (secondary N) is 2. The third kappa shape index (κ3) is 4.58. The van der Waals surface area contributed by atoms with Crippen LogP contribution in [0.2, 0.25) is 0 Å². The third-order valence-corrected chi connectivity index (χ3v) is 6.09. The van der Waals surface area contributed by atoms with Crippen LogP contribution in [0.15, 0.2) is 18.2 Å². The molecule has 1 aliphatic heterocycles. The summed E-state index contributed by atoms with van der Waals surface area (Å²) in [5.41, 5.74) is 0.507. The number of urea groups is 1. The summed E-state index contributed by atoms with van der Waals surface area (Å²) < 4.78 is 15.6. The van der Waals surface area contributed by atoms with E-state index in [4.69, 9.17) is 14.2 Å². The van der Waals surface area contributed by atoms with Crippen LogP contribution in [0.4, 0.5) is 10.5 Å². The number of hydrogen-bond acceptors (Lipinski definition) is 5. The second kappa shape index (κ2) is 9.35. The van der Waals surface area contributed by atoms with Gasteiger partial charge in [0.05, 0.1) is 26.7 Å². The normalized spacial score (nSPS) is 20.0. The predicted molar refractivity (Wildman–Crippen MR) is 109 cm³/mol. The second-order valence-corrected chi connectivity index (χ2v) is 7.79. The summed E-state index contributed by atoms with van der Waals surface area (Å²) in [6, 6.07) is 5.06. The molecule has 1 unspecified atom stereocenters. The molecule has 1 aromatic carbocycles. The lowest BCUT2D eigenvalue weighted by Crippen LogP contribution is -2.41. The molecule has 2 N–H and O–H groups in total. The van der Waals surface area contributed by atoms with E-state index < -0.39 is 0 Å². The molecule has 1 spiro atoms. The van der Waals surface area contributed by atoms with Crippen LogP contribution in [0, 0.1) is 11.3 Å². The Morgan fingerprint density at radius 2 is 1.86 bits per heavy atom. The van der Waals surface area contributed by atoms with Crippen LogP contribution in [-0.2, 0) is 9.53 Å². The summed E-state index contributed by atoms with van der Waals surface area (Å²) in [5, 5.41) is 5.89. The number of rotatable bonds is 7. The minimum absolute atomic E-state index is 0.0189. The maximum atomic E-state index is 12.9. The van der Waals surface area contributed by atoms with Gasteiger partial charge in [-0.3, -0.25) is 4.79 Å². The minimum Gasteiger partial charge on any atom is -0.493 e. The number of methoxy groups -OCH3 is 3. The van der Waals surface area contributed by atoms with Crippen molar-refractivity contribution in [3.63, 3.8) is 0 Å². The molecule has 3 amide bonds. The molecule has 160 valence electrons. The molecule has 1 saturated carbocycles. The van der Waals surface area contributed by atoms with Gasteiger partial charge < -0.3 is 29.7 Å². The number of ether oxygens (including phenoxy) is 3. The zero-order valence-electron chi connectivity index (χ0n) is 17.5. The smallest absolute Gasteiger partial charge is 0.321 e. The van der Waals surface area contributed by atoms with Crippen molar-refractivity contribution in [1.29, 1.82) is 0 Å². The number of amides is 3. The van der Waals surface area contributed by atoms with Gasteiger partial charge in [-0.05, 0) is 25.0 Å². The van der Waals surface area contributed by atoms with E-state index in [0.717, 1.165) is 25.7 Å². The van der Waals surface area contributed by atoms with Crippen molar-refractivity contribution < 1.29 is 23.8 Å². The quantitative estimate of drug-likeness (QED) is 0.681. The van der Waals surface area contributed by atoms with Gasteiger partial charge in [0.15, 0.2) is 11.5 Å². The van der Waals surface area contributed by atoms with Crippen LogP contribution in [0.25, 0.3) is 0 Å². The highest BCUT2D eigenvalue weighted by atomic mass is 16.5. The number of hydrogen-bond donors (Lipinski definition) is 2. The minimum atomic E-state index is -0.198. The van der Waals surface area contributed by atoms with E-state index in [2.05, 4.69) is 10.6 Å². The molecule has 29 heavy (non-hydrogen) atoms. The highest BCUT2D eigenvalue weighted by molar-refractivity contribution is 5.91. The van der Waals surface area contributed by atoms with Crippen molar-refractivity contribution >= 4 is 17.6 Å². The van der Waals surface area contributed by atoms with Crippen molar-refractivity contribution in [3.8, 4) is 11.5 Å². The Balaban J connectivity index is 1.69. The molecule has 2 fully saturated rings. The topological polar surface area (TPSA) is 89.1 Å². The van der Waals surface area contributed by atoms with E-state index >= 15 is 0 Å². The van der Waals surface area contributed by atoms with Crippen LogP contribution < -0.4 is 20.1 Å².